The third-order valence-electron chi connectivity index (χ3n) is 4.51. The molecule has 0 spiro atoms. The number of amides is 2. The zero-order valence-corrected chi connectivity index (χ0v) is 14.2. The van der Waals surface area contributed by atoms with Gasteiger partial charge in [-0.15, -0.1) is 0 Å². The molecule has 0 saturated carbocycles. The van der Waals surface area contributed by atoms with E-state index < -0.39 is 0 Å². The highest BCUT2D eigenvalue weighted by molar-refractivity contribution is 8.13. The third kappa shape index (κ3) is 3.63. The SMILES string of the molecule is COc1ccc(C2CCCN2C(=O)CCN2CCSC2=O)cc1. The quantitative estimate of drug-likeness (QED) is 0.831. The molecule has 6 heteroatoms. The molecule has 2 saturated heterocycles. The highest BCUT2D eigenvalue weighted by Gasteiger charge is 2.30. The van der Waals surface area contributed by atoms with Crippen LogP contribution >= 0.6 is 11.8 Å². The molecule has 0 bridgehead atoms. The largest absolute Gasteiger partial charge is 0.497 e. The van der Waals surface area contributed by atoms with E-state index in [1.54, 1.807) is 12.0 Å². The Kier molecular flexibility index (Phi) is 5.10. The minimum atomic E-state index is 0.103. The number of carbonyl (C=O) groups is 2. The molecule has 2 heterocycles. The number of hydrogen-bond donors (Lipinski definition) is 0. The number of carbonyl (C=O) groups excluding carboxylic acids is 2. The summed E-state index contributed by atoms with van der Waals surface area (Å²) in [5.74, 6) is 1.81. The molecule has 1 aromatic rings. The summed E-state index contributed by atoms with van der Waals surface area (Å²) in [5.41, 5.74) is 1.16. The van der Waals surface area contributed by atoms with Gasteiger partial charge in [0.25, 0.3) is 5.24 Å². The standard InChI is InChI=1S/C17H22N2O3S/c1-22-14-6-4-13(5-7-14)15-3-2-9-19(15)16(20)8-10-18-11-12-23-17(18)21/h4-7,15H,2-3,8-12H2,1H3. The monoisotopic (exact) mass is 334 g/mol. The molecule has 2 amide bonds. The predicted octanol–water partition coefficient (Wildman–Crippen LogP) is 2.92. The Hall–Kier alpha value is -1.69. The van der Waals surface area contributed by atoms with E-state index >= 15 is 0 Å². The van der Waals surface area contributed by atoms with E-state index in [4.69, 9.17) is 4.74 Å². The van der Waals surface area contributed by atoms with Gasteiger partial charge in [-0.3, -0.25) is 9.59 Å². The second-order valence-electron chi connectivity index (χ2n) is 5.87. The molecule has 2 aliphatic rings. The summed E-state index contributed by atoms with van der Waals surface area (Å²) in [7, 11) is 1.65. The molecule has 0 aliphatic carbocycles. The van der Waals surface area contributed by atoms with Crippen molar-refractivity contribution in [1.29, 1.82) is 0 Å². The molecular formula is C17H22N2O3S. The lowest BCUT2D eigenvalue weighted by Crippen LogP contribution is -2.34. The lowest BCUT2D eigenvalue weighted by Gasteiger charge is -2.26. The average Bonchev–Trinajstić information content (AvgIpc) is 3.22. The van der Waals surface area contributed by atoms with E-state index in [1.807, 2.05) is 29.2 Å². The first-order valence-electron chi connectivity index (χ1n) is 8.04. The van der Waals surface area contributed by atoms with Crippen molar-refractivity contribution < 1.29 is 14.3 Å². The van der Waals surface area contributed by atoms with Gasteiger partial charge in [0, 0.05) is 31.8 Å². The van der Waals surface area contributed by atoms with Crippen LogP contribution in [0.1, 0.15) is 30.9 Å². The highest BCUT2D eigenvalue weighted by Crippen LogP contribution is 2.33. The number of thioether (sulfide) groups is 1. The maximum Gasteiger partial charge on any atom is 0.281 e. The van der Waals surface area contributed by atoms with Gasteiger partial charge in [-0.25, -0.2) is 0 Å². The minimum absolute atomic E-state index is 0.103. The van der Waals surface area contributed by atoms with Gasteiger partial charge in [0.2, 0.25) is 5.91 Å². The van der Waals surface area contributed by atoms with E-state index in [0.717, 1.165) is 43.0 Å². The van der Waals surface area contributed by atoms with Crippen molar-refractivity contribution in [2.45, 2.75) is 25.3 Å². The molecule has 2 aliphatic heterocycles. The van der Waals surface area contributed by atoms with E-state index in [9.17, 15) is 9.59 Å². The number of nitrogens with zero attached hydrogens (tertiary/aromatic N) is 2. The third-order valence-corrected chi connectivity index (χ3v) is 5.41. The predicted molar refractivity (Wildman–Crippen MR) is 90.7 cm³/mol. The van der Waals surface area contributed by atoms with Gasteiger partial charge in [-0.2, -0.15) is 0 Å². The van der Waals surface area contributed by atoms with Crippen molar-refractivity contribution in [3.05, 3.63) is 29.8 Å². The molecule has 2 fully saturated rings. The Labute approximate surface area is 141 Å². The summed E-state index contributed by atoms with van der Waals surface area (Å²) in [5, 5.41) is 0.103. The summed E-state index contributed by atoms with van der Waals surface area (Å²) in [6.07, 6.45) is 2.44. The van der Waals surface area contributed by atoms with Gasteiger partial charge in [0.15, 0.2) is 0 Å². The molecule has 1 aromatic carbocycles. The molecule has 23 heavy (non-hydrogen) atoms. The number of rotatable bonds is 5. The zero-order chi connectivity index (χ0) is 16.2. The van der Waals surface area contributed by atoms with Crippen molar-refractivity contribution in [3.63, 3.8) is 0 Å². The fraction of sp³-hybridized carbons (Fsp3) is 0.529. The molecule has 5 nitrogen and oxygen atoms in total. The van der Waals surface area contributed by atoms with Crippen LogP contribution in [0, 0.1) is 0 Å². The number of hydrogen-bond acceptors (Lipinski definition) is 4. The zero-order valence-electron chi connectivity index (χ0n) is 13.4. The second-order valence-corrected chi connectivity index (χ2v) is 6.92. The molecule has 3 rings (SSSR count). The smallest absolute Gasteiger partial charge is 0.281 e. The van der Waals surface area contributed by atoms with Gasteiger partial charge in [0.05, 0.1) is 13.2 Å². The van der Waals surface area contributed by atoms with Crippen molar-refractivity contribution in [2.24, 2.45) is 0 Å². The van der Waals surface area contributed by atoms with Gasteiger partial charge in [-0.05, 0) is 30.5 Å². The normalized spacial score (nSPS) is 21.1. The fourth-order valence-corrected chi connectivity index (χ4v) is 4.09. The van der Waals surface area contributed by atoms with Crippen LogP contribution in [0.2, 0.25) is 0 Å². The number of likely N-dealkylation sites (tertiary alicyclic amines) is 1. The topological polar surface area (TPSA) is 49.9 Å². The molecule has 0 N–H and O–H groups in total. The van der Waals surface area contributed by atoms with E-state index in [2.05, 4.69) is 0 Å². The fourth-order valence-electron chi connectivity index (χ4n) is 3.24. The summed E-state index contributed by atoms with van der Waals surface area (Å²) >= 11 is 1.34. The van der Waals surface area contributed by atoms with Crippen LogP contribution in [0.15, 0.2) is 24.3 Å². The van der Waals surface area contributed by atoms with Crippen LogP contribution in [0.5, 0.6) is 5.75 Å². The van der Waals surface area contributed by atoms with Crippen LogP contribution in [-0.2, 0) is 4.79 Å². The lowest BCUT2D eigenvalue weighted by molar-refractivity contribution is -0.132. The van der Waals surface area contributed by atoms with Gasteiger partial charge in [-0.1, -0.05) is 23.9 Å². The Morgan fingerprint density at radius 3 is 2.74 bits per heavy atom. The van der Waals surface area contributed by atoms with Crippen LogP contribution in [-0.4, -0.2) is 53.4 Å². The van der Waals surface area contributed by atoms with Crippen molar-refractivity contribution in [1.82, 2.24) is 9.80 Å². The molecule has 1 unspecified atom stereocenters. The number of methoxy groups -OCH3 is 1. The van der Waals surface area contributed by atoms with Gasteiger partial charge >= 0.3 is 0 Å². The van der Waals surface area contributed by atoms with Crippen LogP contribution in [0.25, 0.3) is 0 Å². The molecule has 1 atom stereocenters. The maximum absolute atomic E-state index is 12.6. The Morgan fingerprint density at radius 1 is 1.30 bits per heavy atom. The van der Waals surface area contributed by atoms with Crippen molar-refractivity contribution in [3.8, 4) is 5.75 Å². The van der Waals surface area contributed by atoms with Crippen LogP contribution < -0.4 is 4.74 Å². The molecule has 0 radical (unpaired) electrons. The lowest BCUT2D eigenvalue weighted by atomic mass is 10.0. The maximum atomic E-state index is 12.6. The van der Waals surface area contributed by atoms with E-state index in [1.165, 1.54) is 11.8 Å². The summed E-state index contributed by atoms with van der Waals surface area (Å²) in [6, 6.07) is 8.11. The number of ether oxygens (including phenoxy) is 1. The minimum Gasteiger partial charge on any atom is -0.497 e. The van der Waals surface area contributed by atoms with Crippen molar-refractivity contribution >= 4 is 22.9 Å². The van der Waals surface area contributed by atoms with E-state index in [0.29, 0.717) is 13.0 Å². The highest BCUT2D eigenvalue weighted by atomic mass is 32.2. The molecule has 124 valence electrons. The first kappa shape index (κ1) is 16.2. The van der Waals surface area contributed by atoms with Crippen LogP contribution in [0.4, 0.5) is 4.79 Å². The molecular weight excluding hydrogens is 312 g/mol. The number of benzene rings is 1. The Balaban J connectivity index is 1.61. The Bertz CT molecular complexity index is 576. The van der Waals surface area contributed by atoms with Crippen LogP contribution in [0.3, 0.4) is 0 Å². The first-order valence-corrected chi connectivity index (χ1v) is 9.02. The average molecular weight is 334 g/mol. The Morgan fingerprint density at radius 2 is 2.09 bits per heavy atom. The summed E-state index contributed by atoms with van der Waals surface area (Å²) in [6.45, 7) is 2.10. The van der Waals surface area contributed by atoms with E-state index in [-0.39, 0.29) is 17.2 Å². The van der Waals surface area contributed by atoms with Crippen molar-refractivity contribution in [2.75, 3.05) is 32.5 Å². The second kappa shape index (κ2) is 7.25. The summed E-state index contributed by atoms with van der Waals surface area (Å²) < 4.78 is 5.19. The van der Waals surface area contributed by atoms with Gasteiger partial charge in [0.1, 0.15) is 5.75 Å². The molecule has 0 aromatic heterocycles. The summed E-state index contributed by atoms with van der Waals surface area (Å²) in [4.78, 5) is 27.9. The van der Waals surface area contributed by atoms with Gasteiger partial charge < -0.3 is 14.5 Å². The first-order chi connectivity index (χ1) is 11.2.